The van der Waals surface area contributed by atoms with Crippen molar-refractivity contribution in [3.8, 4) is 0 Å². The van der Waals surface area contributed by atoms with E-state index in [0.717, 1.165) is 0 Å². The van der Waals surface area contributed by atoms with E-state index < -0.39 is 11.8 Å². The maximum atomic E-state index is 10.9. The largest absolute Gasteiger partial charge is 0.366 e. The number of halogens is 2. The minimum atomic E-state index is -0.754. The fraction of sp³-hybridized carbons (Fsp3) is 0. The molecule has 0 unspecified atom stereocenters. The summed E-state index contributed by atoms with van der Waals surface area (Å²) in [6.45, 7) is 0. The maximum absolute atomic E-state index is 10.9. The monoisotopic (exact) mass is 232 g/mol. The van der Waals surface area contributed by atoms with Crippen LogP contribution in [0, 0.1) is 0 Å². The van der Waals surface area contributed by atoms with Crippen LogP contribution < -0.4 is 11.5 Å². The summed E-state index contributed by atoms with van der Waals surface area (Å²) >= 11 is 11.4. The van der Waals surface area contributed by atoms with Gasteiger partial charge in [0.05, 0.1) is 15.6 Å². The van der Waals surface area contributed by atoms with Crippen LogP contribution in [0.1, 0.15) is 20.7 Å². The lowest BCUT2D eigenvalue weighted by Gasteiger charge is -2.04. The van der Waals surface area contributed by atoms with Crippen LogP contribution in [-0.2, 0) is 0 Å². The second-order valence-electron chi connectivity index (χ2n) is 2.54. The Kier molecular flexibility index (Phi) is 2.98. The molecule has 2 amide bonds. The lowest BCUT2D eigenvalue weighted by molar-refractivity contribution is 0.0988. The molecule has 0 saturated heterocycles. The SMILES string of the molecule is NC(=O)c1cc(Cl)c(C(N)=O)c(Cl)c1. The zero-order valence-electron chi connectivity index (χ0n) is 6.88. The normalized spacial score (nSPS) is 9.86. The van der Waals surface area contributed by atoms with Crippen molar-refractivity contribution in [2.45, 2.75) is 0 Å². The Morgan fingerprint density at radius 2 is 1.43 bits per heavy atom. The Balaban J connectivity index is 3.39. The van der Waals surface area contributed by atoms with E-state index in [0.29, 0.717) is 0 Å². The van der Waals surface area contributed by atoms with Gasteiger partial charge in [-0.3, -0.25) is 9.59 Å². The molecule has 14 heavy (non-hydrogen) atoms. The molecule has 0 aliphatic heterocycles. The minimum Gasteiger partial charge on any atom is -0.366 e. The van der Waals surface area contributed by atoms with Crippen LogP contribution in [0.4, 0.5) is 0 Å². The highest BCUT2D eigenvalue weighted by molar-refractivity contribution is 6.40. The molecule has 0 atom stereocenters. The third-order valence-corrected chi connectivity index (χ3v) is 2.17. The zero-order chi connectivity index (χ0) is 10.9. The van der Waals surface area contributed by atoms with Gasteiger partial charge in [0.2, 0.25) is 5.91 Å². The fourth-order valence-corrected chi connectivity index (χ4v) is 1.62. The van der Waals surface area contributed by atoms with Gasteiger partial charge in [-0.15, -0.1) is 0 Å². The first-order chi connectivity index (χ1) is 6.43. The molecule has 0 saturated carbocycles. The van der Waals surface area contributed by atoms with Crippen LogP contribution in [0.3, 0.4) is 0 Å². The summed E-state index contributed by atoms with van der Waals surface area (Å²) in [5.41, 5.74) is 10.1. The highest BCUT2D eigenvalue weighted by Crippen LogP contribution is 2.25. The predicted octanol–water partition coefficient (Wildman–Crippen LogP) is 1.19. The molecule has 0 aliphatic rings. The van der Waals surface area contributed by atoms with Gasteiger partial charge < -0.3 is 11.5 Å². The number of amides is 2. The quantitative estimate of drug-likeness (QED) is 0.803. The molecule has 4 N–H and O–H groups in total. The third-order valence-electron chi connectivity index (χ3n) is 1.57. The molecule has 0 heterocycles. The van der Waals surface area contributed by atoms with E-state index in [2.05, 4.69) is 0 Å². The molecule has 74 valence electrons. The number of primary amides is 2. The van der Waals surface area contributed by atoms with Crippen LogP contribution in [0.25, 0.3) is 0 Å². The first-order valence-corrected chi connectivity index (χ1v) is 4.27. The van der Waals surface area contributed by atoms with Crippen LogP contribution in [0.2, 0.25) is 10.0 Å². The number of nitrogens with two attached hydrogens (primary N) is 2. The fourth-order valence-electron chi connectivity index (χ4n) is 0.951. The summed E-state index contributed by atoms with van der Waals surface area (Å²) in [7, 11) is 0. The molecule has 0 fully saturated rings. The molecule has 1 aromatic carbocycles. The molecule has 0 bridgehead atoms. The Hall–Kier alpha value is -1.26. The van der Waals surface area contributed by atoms with E-state index in [1.54, 1.807) is 0 Å². The Morgan fingerprint density at radius 1 is 1.00 bits per heavy atom. The van der Waals surface area contributed by atoms with Crippen molar-refractivity contribution >= 4 is 35.0 Å². The van der Waals surface area contributed by atoms with Gasteiger partial charge in [0.15, 0.2) is 0 Å². The van der Waals surface area contributed by atoms with E-state index in [-0.39, 0.29) is 21.2 Å². The molecular weight excluding hydrogens is 227 g/mol. The molecule has 1 aromatic rings. The van der Waals surface area contributed by atoms with Gasteiger partial charge in [-0.05, 0) is 12.1 Å². The average molecular weight is 233 g/mol. The van der Waals surface area contributed by atoms with Gasteiger partial charge in [0.1, 0.15) is 0 Å². The number of rotatable bonds is 2. The summed E-state index contributed by atoms with van der Waals surface area (Å²) in [5.74, 6) is -1.43. The Bertz CT molecular complexity index is 395. The van der Waals surface area contributed by atoms with Crippen molar-refractivity contribution in [3.05, 3.63) is 33.3 Å². The second-order valence-corrected chi connectivity index (χ2v) is 3.36. The van der Waals surface area contributed by atoms with Crippen LogP contribution in [0.15, 0.2) is 12.1 Å². The van der Waals surface area contributed by atoms with E-state index in [1.165, 1.54) is 12.1 Å². The Morgan fingerprint density at radius 3 is 1.71 bits per heavy atom. The van der Waals surface area contributed by atoms with Crippen LogP contribution >= 0.6 is 23.2 Å². The van der Waals surface area contributed by atoms with Crippen molar-refractivity contribution in [1.82, 2.24) is 0 Å². The number of carbonyl (C=O) groups is 2. The van der Waals surface area contributed by atoms with Crippen LogP contribution in [-0.4, -0.2) is 11.8 Å². The molecule has 0 aliphatic carbocycles. The molecule has 0 spiro atoms. The predicted molar refractivity (Wildman–Crippen MR) is 53.5 cm³/mol. The first kappa shape index (κ1) is 10.8. The van der Waals surface area contributed by atoms with E-state index >= 15 is 0 Å². The standard InChI is InChI=1S/C8H6Cl2N2O2/c9-4-1-3(7(11)13)2-5(10)6(4)8(12)14/h1-2H,(H2,11,13)(H2,12,14). The van der Waals surface area contributed by atoms with Gasteiger partial charge in [0.25, 0.3) is 5.91 Å². The van der Waals surface area contributed by atoms with E-state index in [1.807, 2.05) is 0 Å². The lowest BCUT2D eigenvalue weighted by Crippen LogP contribution is -2.15. The molecular formula is C8H6Cl2N2O2. The topological polar surface area (TPSA) is 86.2 Å². The van der Waals surface area contributed by atoms with E-state index in [9.17, 15) is 9.59 Å². The molecule has 1 rings (SSSR count). The molecule has 0 aromatic heterocycles. The lowest BCUT2D eigenvalue weighted by atomic mass is 10.1. The van der Waals surface area contributed by atoms with Gasteiger partial charge >= 0.3 is 0 Å². The summed E-state index contributed by atoms with van der Waals surface area (Å²) in [6, 6.07) is 2.49. The van der Waals surface area contributed by atoms with Gasteiger partial charge in [-0.2, -0.15) is 0 Å². The van der Waals surface area contributed by atoms with Crippen molar-refractivity contribution in [1.29, 1.82) is 0 Å². The number of hydrogen-bond acceptors (Lipinski definition) is 2. The summed E-state index contributed by atoms with van der Waals surface area (Å²) in [6.07, 6.45) is 0. The number of hydrogen-bond donors (Lipinski definition) is 2. The summed E-state index contributed by atoms with van der Waals surface area (Å²) in [4.78, 5) is 21.6. The van der Waals surface area contributed by atoms with E-state index in [4.69, 9.17) is 34.7 Å². The summed E-state index contributed by atoms with van der Waals surface area (Å²) in [5, 5.41) is 0.0256. The average Bonchev–Trinajstić information content (AvgIpc) is 2.01. The van der Waals surface area contributed by atoms with Crippen LogP contribution in [0.5, 0.6) is 0 Å². The molecule has 6 heteroatoms. The van der Waals surface area contributed by atoms with Crippen molar-refractivity contribution in [2.24, 2.45) is 11.5 Å². The van der Waals surface area contributed by atoms with Crippen molar-refractivity contribution in [3.63, 3.8) is 0 Å². The third kappa shape index (κ3) is 1.97. The van der Waals surface area contributed by atoms with Gasteiger partial charge in [-0.25, -0.2) is 0 Å². The highest BCUT2D eigenvalue weighted by atomic mass is 35.5. The summed E-state index contributed by atoms with van der Waals surface area (Å²) < 4.78 is 0. The zero-order valence-corrected chi connectivity index (χ0v) is 8.39. The highest BCUT2D eigenvalue weighted by Gasteiger charge is 2.14. The minimum absolute atomic E-state index is 0.0128. The second kappa shape index (κ2) is 3.86. The van der Waals surface area contributed by atoms with Gasteiger partial charge in [-0.1, -0.05) is 23.2 Å². The molecule has 0 radical (unpaired) electrons. The van der Waals surface area contributed by atoms with Crippen molar-refractivity contribution in [2.75, 3.05) is 0 Å². The molecule has 4 nitrogen and oxygen atoms in total. The first-order valence-electron chi connectivity index (χ1n) is 3.52. The maximum Gasteiger partial charge on any atom is 0.251 e. The number of benzene rings is 1. The van der Waals surface area contributed by atoms with Crippen molar-refractivity contribution < 1.29 is 9.59 Å². The van der Waals surface area contributed by atoms with Gasteiger partial charge in [0, 0.05) is 5.56 Å². The smallest absolute Gasteiger partial charge is 0.251 e. The Labute approximate surface area is 89.8 Å². The number of carbonyl (C=O) groups excluding carboxylic acids is 2.